The highest BCUT2D eigenvalue weighted by Gasteiger charge is 2.25. The van der Waals surface area contributed by atoms with Crippen molar-refractivity contribution >= 4 is 21.2 Å². The van der Waals surface area contributed by atoms with Gasteiger partial charge in [-0.05, 0) is 25.9 Å². The third-order valence-electron chi connectivity index (χ3n) is 5.32. The van der Waals surface area contributed by atoms with Crippen molar-refractivity contribution in [3.8, 4) is 0 Å². The van der Waals surface area contributed by atoms with Crippen LogP contribution in [0.5, 0.6) is 0 Å². The molecule has 0 aromatic carbocycles. The van der Waals surface area contributed by atoms with E-state index in [1.165, 1.54) is 103 Å². The Morgan fingerprint density at radius 1 is 0.517 bits per heavy atom. The summed E-state index contributed by atoms with van der Waals surface area (Å²) in [5.41, 5.74) is 0. The average Bonchev–Trinajstić information content (AvgIpc) is 2.65. The van der Waals surface area contributed by atoms with Crippen molar-refractivity contribution in [3.63, 3.8) is 0 Å². The first-order valence-electron chi connectivity index (χ1n) is 12.1. The molecule has 7 heteroatoms. The molecule has 0 aliphatic carbocycles. The van der Waals surface area contributed by atoms with Gasteiger partial charge in [-0.1, -0.05) is 103 Å². The molecule has 0 rings (SSSR count). The second-order valence-electron chi connectivity index (χ2n) is 8.36. The highest BCUT2D eigenvalue weighted by Crippen LogP contribution is 2.13. The summed E-state index contributed by atoms with van der Waals surface area (Å²) in [4.78, 5) is 26.7. The largest absolute Gasteiger partial charge is 0.492 e. The van der Waals surface area contributed by atoms with Crippen LogP contribution in [-0.4, -0.2) is 42.9 Å². The molecule has 0 heterocycles. The van der Waals surface area contributed by atoms with Crippen LogP contribution in [0.15, 0.2) is 0 Å². The average molecular weight is 455 g/mol. The van der Waals surface area contributed by atoms with E-state index in [9.17, 15) is 0 Å². The second-order valence-corrected chi connectivity index (χ2v) is 10.4. The van der Waals surface area contributed by atoms with Crippen LogP contribution in [0.3, 0.4) is 0 Å². The maximum absolute atomic E-state index is 8.89. The van der Waals surface area contributed by atoms with Gasteiger partial charge in [0.1, 0.15) is 0 Å². The van der Waals surface area contributed by atoms with Crippen LogP contribution < -0.4 is 10.6 Å². The van der Waals surface area contributed by atoms with Gasteiger partial charge in [0.05, 0.1) is 0 Å². The van der Waals surface area contributed by atoms with E-state index in [4.69, 9.17) is 14.4 Å². The molecule has 0 spiro atoms. The number of nitrogens with one attached hydrogen (secondary N) is 2. The third-order valence-corrected chi connectivity index (χ3v) is 6.35. The van der Waals surface area contributed by atoms with Crippen molar-refractivity contribution in [2.24, 2.45) is 0 Å². The summed E-state index contributed by atoms with van der Waals surface area (Å²) in [5, 5.41) is 6.54. The lowest BCUT2D eigenvalue weighted by Crippen LogP contribution is -2.36. The molecule has 5 N–H and O–H groups in total. The standard InChI is InChI=1S/C22H50N2O3Si.ClH/c1-2-3-4-5-6-7-8-9-10-11-12-13-14-15-16-17-19-23-22-24-20-18-21-28(25,26)27;/h23-27H,2-22H2,1H3;1H. The monoisotopic (exact) mass is 454 g/mol. The van der Waals surface area contributed by atoms with E-state index in [0.29, 0.717) is 13.0 Å². The second kappa shape index (κ2) is 24.6. The SMILES string of the molecule is CCCCCCCCCCCCCCCCCCNCNCCC[Si](O)(O)O.Cl. The normalized spacial score (nSPS) is 11.6. The smallest absolute Gasteiger partial charge is 0.390 e. The number of halogens is 1. The van der Waals surface area contributed by atoms with Crippen LogP contribution in [0.4, 0.5) is 0 Å². The van der Waals surface area contributed by atoms with E-state index < -0.39 is 8.80 Å². The Balaban J connectivity index is 0. The van der Waals surface area contributed by atoms with Gasteiger partial charge in [-0.25, -0.2) is 0 Å². The van der Waals surface area contributed by atoms with Crippen molar-refractivity contribution in [1.29, 1.82) is 0 Å². The zero-order chi connectivity index (χ0) is 20.8. The molecule has 0 saturated carbocycles. The molecule has 0 unspecified atom stereocenters. The van der Waals surface area contributed by atoms with Crippen LogP contribution in [-0.2, 0) is 0 Å². The number of hydrogen-bond donors (Lipinski definition) is 5. The van der Waals surface area contributed by atoms with E-state index in [0.717, 1.165) is 13.2 Å². The fourth-order valence-corrected chi connectivity index (χ4v) is 4.16. The Morgan fingerprint density at radius 3 is 1.24 bits per heavy atom. The molecule has 0 fully saturated rings. The van der Waals surface area contributed by atoms with Crippen molar-refractivity contribution in [2.45, 2.75) is 122 Å². The number of unbranched alkanes of at least 4 members (excludes halogenated alkanes) is 15. The van der Waals surface area contributed by atoms with Crippen LogP contribution in [0.25, 0.3) is 0 Å². The fourth-order valence-electron chi connectivity index (χ4n) is 3.51. The van der Waals surface area contributed by atoms with Crippen LogP contribution in [0.1, 0.15) is 116 Å². The summed E-state index contributed by atoms with van der Waals surface area (Å²) in [6.45, 7) is 4.76. The van der Waals surface area contributed by atoms with Crippen molar-refractivity contribution in [1.82, 2.24) is 10.6 Å². The molecule has 0 amide bonds. The molecule has 0 aromatic heterocycles. The third kappa shape index (κ3) is 30.6. The number of rotatable bonds is 23. The zero-order valence-electron chi connectivity index (χ0n) is 19.1. The van der Waals surface area contributed by atoms with Gasteiger partial charge in [0.25, 0.3) is 0 Å². The topological polar surface area (TPSA) is 84.8 Å². The Bertz CT molecular complexity index is 308. The summed E-state index contributed by atoms with van der Waals surface area (Å²) < 4.78 is 0. The quantitative estimate of drug-likeness (QED) is 0.0840. The minimum atomic E-state index is -3.83. The zero-order valence-corrected chi connectivity index (χ0v) is 20.9. The molecule has 178 valence electrons. The molecule has 0 saturated heterocycles. The Hall–Kier alpha value is 0.307. The van der Waals surface area contributed by atoms with Gasteiger partial charge in [-0.2, -0.15) is 0 Å². The lowest BCUT2D eigenvalue weighted by molar-refractivity contribution is 0.226. The van der Waals surface area contributed by atoms with E-state index >= 15 is 0 Å². The molecule has 29 heavy (non-hydrogen) atoms. The Labute approximate surface area is 188 Å². The predicted molar refractivity (Wildman–Crippen MR) is 130 cm³/mol. The summed E-state index contributed by atoms with van der Waals surface area (Å²) in [5.74, 6) is 0. The Morgan fingerprint density at radius 2 is 0.862 bits per heavy atom. The van der Waals surface area contributed by atoms with Gasteiger partial charge in [-0.3, -0.25) is 0 Å². The van der Waals surface area contributed by atoms with Gasteiger partial charge in [-0.15, -0.1) is 12.4 Å². The maximum atomic E-state index is 8.89. The fraction of sp³-hybridized carbons (Fsp3) is 1.00. The highest BCUT2D eigenvalue weighted by atomic mass is 35.5. The summed E-state index contributed by atoms with van der Waals surface area (Å²) in [7, 11) is -3.83. The van der Waals surface area contributed by atoms with Crippen LogP contribution in [0.2, 0.25) is 6.04 Å². The van der Waals surface area contributed by atoms with Gasteiger partial charge < -0.3 is 25.0 Å². The molecule has 0 aliphatic heterocycles. The molecular formula is C22H51ClN2O3Si. The summed E-state index contributed by atoms with van der Waals surface area (Å²) >= 11 is 0. The summed E-state index contributed by atoms with van der Waals surface area (Å²) in [6.07, 6.45) is 23.0. The van der Waals surface area contributed by atoms with Gasteiger partial charge in [0.2, 0.25) is 0 Å². The van der Waals surface area contributed by atoms with Crippen LogP contribution >= 0.6 is 12.4 Å². The Kier molecular flexibility index (Phi) is 26.7. The first-order chi connectivity index (χ1) is 13.6. The van der Waals surface area contributed by atoms with Crippen molar-refractivity contribution in [2.75, 3.05) is 19.8 Å². The van der Waals surface area contributed by atoms with E-state index in [1.807, 2.05) is 0 Å². The molecule has 5 nitrogen and oxygen atoms in total. The van der Waals surface area contributed by atoms with Crippen molar-refractivity contribution in [3.05, 3.63) is 0 Å². The first kappa shape index (κ1) is 31.5. The molecule has 0 radical (unpaired) electrons. The first-order valence-corrected chi connectivity index (χ1v) is 14.2. The lowest BCUT2D eigenvalue weighted by Gasteiger charge is -2.10. The lowest BCUT2D eigenvalue weighted by atomic mass is 10.0. The van der Waals surface area contributed by atoms with E-state index in [2.05, 4.69) is 17.6 Å². The minimum absolute atomic E-state index is 0. The van der Waals surface area contributed by atoms with Gasteiger partial charge in [0.15, 0.2) is 0 Å². The molecule has 0 aromatic rings. The van der Waals surface area contributed by atoms with Gasteiger partial charge >= 0.3 is 8.80 Å². The van der Waals surface area contributed by atoms with Crippen LogP contribution in [0, 0.1) is 0 Å². The predicted octanol–water partition coefficient (Wildman–Crippen LogP) is 5.11. The van der Waals surface area contributed by atoms with E-state index in [1.54, 1.807) is 0 Å². The van der Waals surface area contributed by atoms with E-state index in [-0.39, 0.29) is 18.5 Å². The molecule has 0 aliphatic rings. The molecule has 0 atom stereocenters. The number of hydrogen-bond acceptors (Lipinski definition) is 5. The highest BCUT2D eigenvalue weighted by molar-refractivity contribution is 6.56. The van der Waals surface area contributed by atoms with Crippen molar-refractivity contribution < 1.29 is 14.4 Å². The minimum Gasteiger partial charge on any atom is -0.390 e. The maximum Gasteiger partial charge on any atom is 0.492 e. The van der Waals surface area contributed by atoms with Gasteiger partial charge in [0, 0.05) is 12.7 Å². The summed E-state index contributed by atoms with van der Waals surface area (Å²) in [6, 6.07) is 0.110. The molecule has 0 bridgehead atoms. The molecular weight excluding hydrogens is 404 g/mol.